The van der Waals surface area contributed by atoms with Crippen LogP contribution in [-0.2, 0) is 47.5 Å². The van der Waals surface area contributed by atoms with E-state index in [-0.39, 0.29) is 105 Å². The van der Waals surface area contributed by atoms with E-state index in [4.69, 9.17) is 33.2 Å². The molecule has 0 bridgehead atoms. The number of carboxylic acid groups (broad SMARTS) is 1. The van der Waals surface area contributed by atoms with Gasteiger partial charge >= 0.3 is 55.6 Å². The number of hydrogen-bond donors (Lipinski definition) is 3. The van der Waals surface area contributed by atoms with Crippen LogP contribution in [-0.4, -0.2) is 143 Å². The molecule has 0 saturated carbocycles. The predicted molar refractivity (Wildman–Crippen MR) is 200 cm³/mol. The molecule has 0 radical (unpaired) electrons. The van der Waals surface area contributed by atoms with Crippen molar-refractivity contribution in [2.45, 2.75) is 193 Å². The van der Waals surface area contributed by atoms with Crippen molar-refractivity contribution in [2.75, 3.05) is 6.61 Å². The molecule has 0 aromatic rings. The van der Waals surface area contributed by atoms with Crippen molar-refractivity contribution in [1.29, 1.82) is 0 Å². The van der Waals surface area contributed by atoms with Gasteiger partial charge in [0.1, 0.15) is 12.2 Å². The van der Waals surface area contributed by atoms with E-state index in [1.165, 1.54) is 6.92 Å². The maximum absolute atomic E-state index is 12.7. The SMILES string of the molecule is CCC(=O)O[C@H]([C@H](C)[C@H]1O[C@@]2(CC[C@@](C)([C@H]3CC[C@@](C)(C4O[C@@H]([C@H]5O[C@@](O)(CO)[C@H](C)C[C@@H]5C)C[C@@H]4C)O3)O2)C[C@H](OC(=O)CC)[C@H]1C)[C@@H](C)C(=O)O.[CaH2]. The number of aliphatic hydroxyl groups is 2. The summed E-state index contributed by atoms with van der Waals surface area (Å²) in [6, 6.07) is 0. The minimum atomic E-state index is -1.59. The first-order valence-electron chi connectivity index (χ1n) is 20.1. The van der Waals surface area contributed by atoms with Gasteiger partial charge in [0.2, 0.25) is 0 Å². The van der Waals surface area contributed by atoms with Crippen molar-refractivity contribution in [3.8, 4) is 0 Å². The normalized spacial score (nSPS) is 45.3. The van der Waals surface area contributed by atoms with Crippen LogP contribution in [0.5, 0.6) is 0 Å². The van der Waals surface area contributed by atoms with Gasteiger partial charge in [-0.2, -0.15) is 0 Å². The number of carbonyl (C=O) groups is 3. The van der Waals surface area contributed by atoms with Crippen molar-refractivity contribution in [2.24, 2.45) is 35.5 Å². The van der Waals surface area contributed by atoms with Crippen molar-refractivity contribution in [3.63, 3.8) is 0 Å². The average molecular weight is 797 g/mol. The van der Waals surface area contributed by atoms with Gasteiger partial charge in [-0.05, 0) is 64.7 Å². The first-order valence-corrected chi connectivity index (χ1v) is 20.1. The summed E-state index contributed by atoms with van der Waals surface area (Å²) < 4.78 is 45.6. The van der Waals surface area contributed by atoms with Crippen LogP contribution in [0.4, 0.5) is 0 Å². The second-order valence-electron chi connectivity index (χ2n) is 17.6. The molecule has 0 amide bonds. The quantitative estimate of drug-likeness (QED) is 0.189. The van der Waals surface area contributed by atoms with E-state index >= 15 is 0 Å². The number of carbonyl (C=O) groups excluding carboxylic acids is 2. The standard InChI is InChI=1S/C40H66O13.Ca.2H/c1-11-30(42)47-28-19-39(51-34(24(28)6)25(7)33(26(8)36(44)45)49-31(43)12-2)16-15-37(9,53-39)29-13-14-38(10,50-29)35-22(4)18-27(48-35)32-21(3)17-23(5)40(46,20-41)52-32;;;/h21-29,32-35,41,46H,11-20H2,1-10H3,(H,44,45);;;/t21-,22-,23+,24+,25-,26+,27+,28-,29+,32-,33+,34-,35?,37-,38-,39+,40-;;;/m0.../s1. The fourth-order valence-electron chi connectivity index (χ4n) is 10.0. The number of carboxylic acids is 1. The summed E-state index contributed by atoms with van der Waals surface area (Å²) in [5, 5.41) is 30.9. The Bertz CT molecular complexity index is 1330. The summed E-state index contributed by atoms with van der Waals surface area (Å²) in [5.41, 5.74) is -1.36. The Morgan fingerprint density at radius 3 is 2.17 bits per heavy atom. The van der Waals surface area contributed by atoms with Crippen LogP contribution in [0.2, 0.25) is 0 Å². The van der Waals surface area contributed by atoms with Gasteiger partial charge in [0, 0.05) is 43.4 Å². The molecule has 5 fully saturated rings. The van der Waals surface area contributed by atoms with Crippen LogP contribution in [0, 0.1) is 35.5 Å². The Morgan fingerprint density at radius 1 is 0.889 bits per heavy atom. The van der Waals surface area contributed by atoms with Gasteiger partial charge in [-0.1, -0.05) is 48.5 Å². The third kappa shape index (κ3) is 9.15. The molecule has 308 valence electrons. The summed E-state index contributed by atoms with van der Waals surface area (Å²) in [7, 11) is 0. The Hall–Kier alpha value is -0.610. The van der Waals surface area contributed by atoms with Gasteiger partial charge in [0.25, 0.3) is 0 Å². The molecule has 5 rings (SSSR count). The maximum atomic E-state index is 12.7. The number of aliphatic hydroxyl groups excluding tert-OH is 1. The summed E-state index contributed by atoms with van der Waals surface area (Å²) >= 11 is 0. The van der Waals surface area contributed by atoms with Crippen LogP contribution in [0.3, 0.4) is 0 Å². The molecule has 0 aromatic carbocycles. The molecule has 0 aromatic heterocycles. The molecule has 54 heavy (non-hydrogen) atoms. The second-order valence-corrected chi connectivity index (χ2v) is 17.6. The third-order valence-corrected chi connectivity index (χ3v) is 13.5. The third-order valence-electron chi connectivity index (χ3n) is 13.5. The molecule has 17 atom stereocenters. The molecule has 5 heterocycles. The van der Waals surface area contributed by atoms with E-state index in [0.717, 1.165) is 25.7 Å². The predicted octanol–water partition coefficient (Wildman–Crippen LogP) is 4.23. The van der Waals surface area contributed by atoms with Gasteiger partial charge in [-0.15, -0.1) is 0 Å². The fourth-order valence-corrected chi connectivity index (χ4v) is 10.0. The number of hydrogen-bond acceptors (Lipinski definition) is 12. The number of rotatable bonds is 12. The Balaban J connectivity index is 0.00000650. The Morgan fingerprint density at radius 2 is 1.56 bits per heavy atom. The van der Waals surface area contributed by atoms with Crippen LogP contribution in [0.15, 0.2) is 0 Å². The summed E-state index contributed by atoms with van der Waals surface area (Å²) in [5.74, 6) is -6.44. The molecular weight excluding hydrogens is 729 g/mol. The molecule has 5 aliphatic heterocycles. The zero-order valence-electron chi connectivity index (χ0n) is 33.5. The van der Waals surface area contributed by atoms with Gasteiger partial charge in [-0.3, -0.25) is 14.4 Å². The van der Waals surface area contributed by atoms with E-state index in [1.54, 1.807) is 13.8 Å². The van der Waals surface area contributed by atoms with Crippen LogP contribution in [0.1, 0.15) is 127 Å². The molecule has 13 nitrogen and oxygen atoms in total. The first-order chi connectivity index (χ1) is 24.7. The monoisotopic (exact) mass is 796 g/mol. The van der Waals surface area contributed by atoms with Gasteiger partial charge in [0.15, 0.2) is 11.6 Å². The van der Waals surface area contributed by atoms with Crippen molar-refractivity contribution in [1.82, 2.24) is 0 Å². The van der Waals surface area contributed by atoms with Crippen molar-refractivity contribution in [3.05, 3.63) is 0 Å². The molecule has 5 aliphatic rings. The van der Waals surface area contributed by atoms with E-state index in [0.29, 0.717) is 19.3 Å². The molecule has 1 unspecified atom stereocenters. The van der Waals surface area contributed by atoms with Crippen molar-refractivity contribution >= 4 is 55.6 Å². The molecule has 0 aliphatic carbocycles. The second kappa shape index (κ2) is 17.7. The molecule has 14 heteroatoms. The topological polar surface area (TPSA) is 177 Å². The number of aliphatic carboxylic acids is 1. The van der Waals surface area contributed by atoms with Gasteiger partial charge < -0.3 is 48.5 Å². The molecular formula is C40H68CaO13. The van der Waals surface area contributed by atoms with Gasteiger partial charge in [-0.25, -0.2) is 0 Å². The number of esters is 2. The number of ether oxygens (including phenoxy) is 7. The average Bonchev–Trinajstić information content (AvgIpc) is 3.81. The molecule has 1 spiro atoms. The summed E-state index contributed by atoms with van der Waals surface area (Å²) in [6.07, 6.45) is 1.37. The van der Waals surface area contributed by atoms with E-state index in [1.807, 2.05) is 27.7 Å². The van der Waals surface area contributed by atoms with Gasteiger partial charge in [0.05, 0.1) is 54.2 Å². The van der Waals surface area contributed by atoms with Crippen LogP contribution < -0.4 is 0 Å². The zero-order valence-corrected chi connectivity index (χ0v) is 33.5. The van der Waals surface area contributed by atoms with E-state index < -0.39 is 71.5 Å². The van der Waals surface area contributed by atoms with Crippen LogP contribution in [0.25, 0.3) is 0 Å². The first kappa shape index (κ1) is 46.1. The fraction of sp³-hybridized carbons (Fsp3) is 0.925. The molecule has 5 saturated heterocycles. The summed E-state index contributed by atoms with van der Waals surface area (Å²) in [4.78, 5) is 37.3. The molecule has 3 N–H and O–H groups in total. The Labute approximate surface area is 351 Å². The van der Waals surface area contributed by atoms with E-state index in [9.17, 15) is 29.7 Å². The van der Waals surface area contributed by atoms with Crippen LogP contribution >= 0.6 is 0 Å². The minimum absolute atomic E-state index is 0. The Kier molecular flexibility index (Phi) is 15.1. The van der Waals surface area contributed by atoms with E-state index in [2.05, 4.69) is 20.8 Å². The zero-order chi connectivity index (χ0) is 39.3. The van der Waals surface area contributed by atoms with Crippen molar-refractivity contribution < 1.29 is 62.9 Å². The summed E-state index contributed by atoms with van der Waals surface area (Å²) in [6.45, 7) is 18.5.